The maximum atomic E-state index is 13.4. The molecule has 7 heteroatoms. The molecule has 2 amide bonds. The first-order valence-corrected chi connectivity index (χ1v) is 6.72. The number of rotatable bonds is 6. The quantitative estimate of drug-likeness (QED) is 0.869. The highest BCUT2D eigenvalue weighted by Crippen LogP contribution is 2.09. The molecule has 0 aliphatic rings. The van der Waals surface area contributed by atoms with Gasteiger partial charge in [-0.25, -0.2) is 8.78 Å². The lowest BCUT2D eigenvalue weighted by Crippen LogP contribution is -2.34. The molecule has 1 aromatic carbocycles. The Kier molecular flexibility index (Phi) is 6.45. The first kappa shape index (κ1) is 17.6. The van der Waals surface area contributed by atoms with Crippen molar-refractivity contribution in [1.29, 1.82) is 5.26 Å². The molecular formula is C15H17F2N3O2. The van der Waals surface area contributed by atoms with Gasteiger partial charge in [0.2, 0.25) is 5.91 Å². The number of benzene rings is 1. The van der Waals surface area contributed by atoms with E-state index in [-0.39, 0.29) is 30.4 Å². The number of carbonyl (C=O) groups is 2. The molecule has 0 heterocycles. The van der Waals surface area contributed by atoms with Crippen molar-refractivity contribution >= 4 is 11.8 Å². The number of nitrogens with one attached hydrogen (secondary N) is 1. The zero-order valence-electron chi connectivity index (χ0n) is 12.4. The van der Waals surface area contributed by atoms with Gasteiger partial charge in [0.25, 0.3) is 5.91 Å². The summed E-state index contributed by atoms with van der Waals surface area (Å²) in [5, 5.41) is 11.1. The van der Waals surface area contributed by atoms with E-state index in [0.717, 1.165) is 12.1 Å². The van der Waals surface area contributed by atoms with E-state index < -0.39 is 17.5 Å². The van der Waals surface area contributed by atoms with Crippen LogP contribution in [0.2, 0.25) is 0 Å². The molecular weight excluding hydrogens is 292 g/mol. The SMILES string of the molecule is C[C@H](C#N)CN(C)C(=O)CCNC(=O)c1ccc(F)cc1F. The molecule has 0 radical (unpaired) electrons. The molecule has 1 aromatic rings. The van der Waals surface area contributed by atoms with Crippen LogP contribution < -0.4 is 5.32 Å². The Bertz CT molecular complexity index is 599. The molecule has 22 heavy (non-hydrogen) atoms. The largest absolute Gasteiger partial charge is 0.351 e. The van der Waals surface area contributed by atoms with E-state index in [1.165, 1.54) is 4.90 Å². The standard InChI is InChI=1S/C15H17F2N3O2/c1-10(8-18)9-20(2)14(21)5-6-19-15(22)12-4-3-11(16)7-13(12)17/h3-4,7,10H,5-6,9H2,1-2H3,(H,19,22)/t10-/m1/s1. The van der Waals surface area contributed by atoms with Crippen LogP contribution in [0.1, 0.15) is 23.7 Å². The molecule has 1 atom stereocenters. The van der Waals surface area contributed by atoms with Crippen LogP contribution >= 0.6 is 0 Å². The lowest BCUT2D eigenvalue weighted by Gasteiger charge is -2.18. The molecule has 0 saturated heterocycles. The van der Waals surface area contributed by atoms with Crippen molar-refractivity contribution in [3.8, 4) is 6.07 Å². The maximum absolute atomic E-state index is 13.4. The number of hydrogen-bond acceptors (Lipinski definition) is 3. The second kappa shape index (κ2) is 8.08. The Balaban J connectivity index is 2.45. The Hall–Kier alpha value is -2.49. The molecule has 1 N–H and O–H groups in total. The van der Waals surface area contributed by atoms with Crippen molar-refractivity contribution in [3.05, 3.63) is 35.4 Å². The van der Waals surface area contributed by atoms with Crippen molar-refractivity contribution in [1.82, 2.24) is 10.2 Å². The Morgan fingerprint density at radius 1 is 1.41 bits per heavy atom. The van der Waals surface area contributed by atoms with Gasteiger partial charge >= 0.3 is 0 Å². The fourth-order valence-corrected chi connectivity index (χ4v) is 1.80. The van der Waals surface area contributed by atoms with E-state index in [2.05, 4.69) is 5.32 Å². The average Bonchev–Trinajstić information content (AvgIpc) is 2.46. The van der Waals surface area contributed by atoms with Gasteiger partial charge in [0.15, 0.2) is 0 Å². The third-order valence-corrected chi connectivity index (χ3v) is 2.99. The van der Waals surface area contributed by atoms with Gasteiger partial charge in [0, 0.05) is 32.6 Å². The van der Waals surface area contributed by atoms with Gasteiger partial charge < -0.3 is 10.2 Å². The molecule has 0 bridgehead atoms. The zero-order chi connectivity index (χ0) is 16.7. The van der Waals surface area contributed by atoms with E-state index in [1.54, 1.807) is 14.0 Å². The van der Waals surface area contributed by atoms with Crippen LogP contribution in [0.4, 0.5) is 8.78 Å². The van der Waals surface area contributed by atoms with Crippen molar-refractivity contribution in [2.45, 2.75) is 13.3 Å². The van der Waals surface area contributed by atoms with Gasteiger partial charge in [-0.3, -0.25) is 9.59 Å². The number of carbonyl (C=O) groups excluding carboxylic acids is 2. The lowest BCUT2D eigenvalue weighted by atomic mass is 10.2. The summed E-state index contributed by atoms with van der Waals surface area (Å²) in [5.41, 5.74) is -0.277. The monoisotopic (exact) mass is 309 g/mol. The summed E-state index contributed by atoms with van der Waals surface area (Å²) in [7, 11) is 1.57. The summed E-state index contributed by atoms with van der Waals surface area (Å²) in [5.74, 6) is -2.95. The maximum Gasteiger partial charge on any atom is 0.254 e. The van der Waals surface area contributed by atoms with E-state index in [9.17, 15) is 18.4 Å². The number of amides is 2. The van der Waals surface area contributed by atoms with Crippen molar-refractivity contribution in [3.63, 3.8) is 0 Å². The zero-order valence-corrected chi connectivity index (χ0v) is 12.4. The highest BCUT2D eigenvalue weighted by Gasteiger charge is 2.14. The van der Waals surface area contributed by atoms with Crippen molar-refractivity contribution in [2.75, 3.05) is 20.1 Å². The fourth-order valence-electron chi connectivity index (χ4n) is 1.80. The summed E-state index contributed by atoms with van der Waals surface area (Å²) in [6.07, 6.45) is 0.0310. The summed E-state index contributed by atoms with van der Waals surface area (Å²) < 4.78 is 26.1. The normalized spacial score (nSPS) is 11.4. The smallest absolute Gasteiger partial charge is 0.254 e. The van der Waals surface area contributed by atoms with Crippen LogP contribution in [-0.2, 0) is 4.79 Å². The topological polar surface area (TPSA) is 73.2 Å². The Morgan fingerprint density at radius 3 is 2.68 bits per heavy atom. The van der Waals surface area contributed by atoms with Crippen molar-refractivity contribution < 1.29 is 18.4 Å². The summed E-state index contributed by atoms with van der Waals surface area (Å²) in [4.78, 5) is 24.9. The number of halogens is 2. The molecule has 0 saturated carbocycles. The number of nitrogens with zero attached hydrogens (tertiary/aromatic N) is 2. The minimum Gasteiger partial charge on any atom is -0.351 e. The van der Waals surface area contributed by atoms with Gasteiger partial charge in [0.1, 0.15) is 11.6 Å². The van der Waals surface area contributed by atoms with Gasteiger partial charge in [-0.1, -0.05) is 0 Å². The Labute approximate surface area is 127 Å². The van der Waals surface area contributed by atoms with E-state index >= 15 is 0 Å². The van der Waals surface area contributed by atoms with Crippen LogP contribution in [-0.4, -0.2) is 36.9 Å². The molecule has 0 unspecified atom stereocenters. The number of hydrogen-bond donors (Lipinski definition) is 1. The Morgan fingerprint density at radius 2 is 2.09 bits per heavy atom. The minimum absolute atomic E-state index is 0.0275. The molecule has 5 nitrogen and oxygen atoms in total. The van der Waals surface area contributed by atoms with Gasteiger partial charge in [-0.2, -0.15) is 5.26 Å². The van der Waals surface area contributed by atoms with Crippen molar-refractivity contribution in [2.24, 2.45) is 5.92 Å². The van der Waals surface area contributed by atoms with Gasteiger partial charge in [-0.05, 0) is 19.1 Å². The second-order valence-corrected chi connectivity index (χ2v) is 4.93. The molecule has 1 rings (SSSR count). The molecule has 0 aromatic heterocycles. The van der Waals surface area contributed by atoms with E-state index in [4.69, 9.17) is 5.26 Å². The third-order valence-electron chi connectivity index (χ3n) is 2.99. The fraction of sp³-hybridized carbons (Fsp3) is 0.400. The summed E-state index contributed by atoms with van der Waals surface area (Å²) in [6, 6.07) is 4.67. The molecule has 0 spiro atoms. The third kappa shape index (κ3) is 5.13. The number of nitriles is 1. The summed E-state index contributed by atoms with van der Waals surface area (Å²) in [6.45, 7) is 2.03. The lowest BCUT2D eigenvalue weighted by molar-refractivity contribution is -0.130. The van der Waals surface area contributed by atoms with E-state index in [1.807, 2.05) is 6.07 Å². The van der Waals surface area contributed by atoms with Crippen LogP contribution in [0.5, 0.6) is 0 Å². The molecule has 118 valence electrons. The van der Waals surface area contributed by atoms with Crippen LogP contribution in [0.3, 0.4) is 0 Å². The minimum atomic E-state index is -0.955. The first-order valence-electron chi connectivity index (χ1n) is 6.72. The summed E-state index contributed by atoms with van der Waals surface area (Å²) >= 11 is 0. The predicted octanol–water partition coefficient (Wildman–Crippen LogP) is 1.70. The molecule has 0 fully saturated rings. The predicted molar refractivity (Wildman–Crippen MR) is 75.7 cm³/mol. The van der Waals surface area contributed by atoms with E-state index in [0.29, 0.717) is 12.6 Å². The van der Waals surface area contributed by atoms with Crippen LogP contribution in [0.25, 0.3) is 0 Å². The molecule has 0 aliphatic heterocycles. The van der Waals surface area contributed by atoms with Gasteiger partial charge in [-0.15, -0.1) is 0 Å². The van der Waals surface area contributed by atoms with Gasteiger partial charge in [0.05, 0.1) is 17.6 Å². The van der Waals surface area contributed by atoms with Crippen LogP contribution in [0, 0.1) is 28.9 Å². The highest BCUT2D eigenvalue weighted by atomic mass is 19.1. The first-order chi connectivity index (χ1) is 10.3. The molecule has 0 aliphatic carbocycles. The average molecular weight is 309 g/mol. The van der Waals surface area contributed by atoms with Crippen LogP contribution in [0.15, 0.2) is 18.2 Å². The second-order valence-electron chi connectivity index (χ2n) is 4.93. The highest BCUT2D eigenvalue weighted by molar-refractivity contribution is 5.94.